The second-order valence-corrected chi connectivity index (χ2v) is 10.4. The summed E-state index contributed by atoms with van der Waals surface area (Å²) in [6, 6.07) is 5.25. The van der Waals surface area contributed by atoms with E-state index < -0.39 is 21.4 Å². The number of hydrogen-bond donors (Lipinski definition) is 0. The molecule has 0 fully saturated rings. The Hall–Kier alpha value is -1.86. The van der Waals surface area contributed by atoms with Crippen LogP contribution < -0.4 is 0 Å². The Labute approximate surface area is 149 Å². The van der Waals surface area contributed by atoms with Crippen LogP contribution in [0.5, 0.6) is 0 Å². The van der Waals surface area contributed by atoms with E-state index in [4.69, 9.17) is 0 Å². The lowest BCUT2D eigenvalue weighted by Gasteiger charge is -2.29. The summed E-state index contributed by atoms with van der Waals surface area (Å²) < 4.78 is 37.6. The van der Waals surface area contributed by atoms with Crippen LogP contribution in [-0.2, 0) is 16.3 Å². The average Bonchev–Trinajstić information content (AvgIpc) is 2.84. The minimum absolute atomic E-state index is 0.0669. The van der Waals surface area contributed by atoms with Gasteiger partial charge in [-0.25, -0.2) is 12.8 Å². The van der Waals surface area contributed by atoms with E-state index in [-0.39, 0.29) is 37.8 Å². The Morgan fingerprint density at radius 3 is 2.52 bits per heavy atom. The molecule has 2 aromatic rings. The number of Topliss-reactive ketones (excluding diaryl/α,β-unsaturated/α-hetero) is 1. The number of hydrogen-bond acceptors (Lipinski definition) is 5. The van der Waals surface area contributed by atoms with Gasteiger partial charge in [-0.2, -0.15) is 0 Å². The van der Waals surface area contributed by atoms with Gasteiger partial charge >= 0.3 is 0 Å². The van der Waals surface area contributed by atoms with Gasteiger partial charge in [0.15, 0.2) is 15.6 Å². The molecule has 0 bridgehead atoms. The minimum Gasteiger partial charge on any atom is -0.294 e. The van der Waals surface area contributed by atoms with E-state index in [1.165, 1.54) is 18.2 Å². The van der Waals surface area contributed by atoms with Gasteiger partial charge in [-0.15, -0.1) is 11.3 Å². The fraction of sp³-hybridized carbons (Fsp3) is 0.333. The van der Waals surface area contributed by atoms with Gasteiger partial charge in [-0.05, 0) is 29.5 Å². The fourth-order valence-corrected chi connectivity index (χ4v) is 5.66. The molecule has 25 heavy (non-hydrogen) atoms. The lowest BCUT2D eigenvalue weighted by molar-refractivity contribution is 0.0909. The van der Waals surface area contributed by atoms with Crippen molar-refractivity contribution in [3.05, 3.63) is 51.7 Å². The molecule has 0 radical (unpaired) electrons. The van der Waals surface area contributed by atoms with Crippen LogP contribution in [0.1, 0.15) is 51.4 Å². The van der Waals surface area contributed by atoms with Crippen molar-refractivity contribution in [3.8, 4) is 0 Å². The van der Waals surface area contributed by atoms with Crippen molar-refractivity contribution in [2.75, 3.05) is 6.26 Å². The van der Waals surface area contributed by atoms with Crippen molar-refractivity contribution >= 4 is 32.7 Å². The van der Waals surface area contributed by atoms with Crippen LogP contribution in [0, 0.1) is 11.2 Å². The van der Waals surface area contributed by atoms with E-state index in [2.05, 4.69) is 0 Å². The fourth-order valence-electron chi connectivity index (χ4n) is 3.16. The van der Waals surface area contributed by atoms with Crippen LogP contribution in [0.4, 0.5) is 4.39 Å². The highest BCUT2D eigenvalue weighted by molar-refractivity contribution is 7.92. The number of carbonyl (C=O) groups excluding carboxylic acids is 2. The topological polar surface area (TPSA) is 68.3 Å². The molecule has 1 aliphatic carbocycles. The zero-order chi connectivity index (χ0) is 18.6. The molecule has 0 spiro atoms. The molecule has 0 aliphatic heterocycles. The maximum Gasteiger partial charge on any atom is 0.203 e. The minimum atomic E-state index is -3.65. The molecular formula is C18H17FO4S2. The normalized spacial score (nSPS) is 16.6. The molecule has 4 nitrogen and oxygen atoms in total. The number of thiophene rings is 1. The average molecular weight is 380 g/mol. The Bertz CT molecular complexity index is 1000. The third-order valence-electron chi connectivity index (χ3n) is 4.18. The van der Waals surface area contributed by atoms with Gasteiger partial charge in [0.25, 0.3) is 0 Å². The standard InChI is InChI=1S/C18H17FO4S2/c1-18(2)8-12-14(13(20)9-18)17(25(3,22)23)24-16(12)15(21)10-5-4-6-11(19)7-10/h4-7H,8-9H2,1-3H3. The second-order valence-electron chi connectivity index (χ2n) is 7.12. The van der Waals surface area contributed by atoms with Gasteiger partial charge in [-0.3, -0.25) is 9.59 Å². The lowest BCUT2D eigenvalue weighted by Crippen LogP contribution is -2.28. The van der Waals surface area contributed by atoms with Crippen molar-refractivity contribution in [3.63, 3.8) is 0 Å². The van der Waals surface area contributed by atoms with E-state index in [1.54, 1.807) is 0 Å². The molecule has 1 aromatic carbocycles. The van der Waals surface area contributed by atoms with E-state index in [9.17, 15) is 22.4 Å². The second kappa shape index (κ2) is 5.85. The lowest BCUT2D eigenvalue weighted by atomic mass is 9.74. The molecule has 7 heteroatoms. The maximum atomic E-state index is 13.5. The molecule has 0 saturated heterocycles. The number of sulfone groups is 1. The number of rotatable bonds is 3. The first kappa shape index (κ1) is 17.9. The summed E-state index contributed by atoms with van der Waals surface area (Å²) >= 11 is 0.815. The van der Waals surface area contributed by atoms with Crippen molar-refractivity contribution in [1.29, 1.82) is 0 Å². The zero-order valence-corrected chi connectivity index (χ0v) is 15.7. The SMILES string of the molecule is CC1(C)CC(=O)c2c(S(C)(=O)=O)sc(C(=O)c3cccc(F)c3)c2C1. The molecule has 0 N–H and O–H groups in total. The van der Waals surface area contributed by atoms with Crippen molar-refractivity contribution in [2.45, 2.75) is 30.9 Å². The summed E-state index contributed by atoms with van der Waals surface area (Å²) in [7, 11) is -3.65. The number of ketones is 2. The highest BCUT2D eigenvalue weighted by Crippen LogP contribution is 2.43. The molecule has 3 rings (SSSR count). The third kappa shape index (κ3) is 3.30. The largest absolute Gasteiger partial charge is 0.294 e. The van der Waals surface area contributed by atoms with Gasteiger partial charge in [-0.1, -0.05) is 26.0 Å². The third-order valence-corrected chi connectivity index (χ3v) is 7.24. The smallest absolute Gasteiger partial charge is 0.203 e. The van der Waals surface area contributed by atoms with Gasteiger partial charge in [0.1, 0.15) is 10.0 Å². The molecule has 0 amide bonds. The molecule has 0 saturated carbocycles. The molecule has 1 heterocycles. The molecule has 132 valence electrons. The number of carbonyl (C=O) groups is 2. The Morgan fingerprint density at radius 2 is 1.92 bits per heavy atom. The predicted molar refractivity (Wildman–Crippen MR) is 93.7 cm³/mol. The highest BCUT2D eigenvalue weighted by Gasteiger charge is 2.39. The molecule has 1 aliphatic rings. The maximum absolute atomic E-state index is 13.5. The molecular weight excluding hydrogens is 363 g/mol. The quantitative estimate of drug-likeness (QED) is 0.762. The van der Waals surface area contributed by atoms with E-state index >= 15 is 0 Å². The van der Waals surface area contributed by atoms with Crippen molar-refractivity contribution in [1.82, 2.24) is 0 Å². The van der Waals surface area contributed by atoms with Crippen LogP contribution in [0.2, 0.25) is 0 Å². The van der Waals surface area contributed by atoms with Gasteiger partial charge in [0.2, 0.25) is 5.78 Å². The highest BCUT2D eigenvalue weighted by atomic mass is 32.2. The van der Waals surface area contributed by atoms with E-state index in [0.717, 1.165) is 23.7 Å². The number of benzene rings is 1. The van der Waals surface area contributed by atoms with Crippen LogP contribution in [0.15, 0.2) is 28.5 Å². The van der Waals surface area contributed by atoms with E-state index in [0.29, 0.717) is 12.0 Å². The predicted octanol–water partition coefficient (Wildman–Crippen LogP) is 3.68. The summed E-state index contributed by atoms with van der Waals surface area (Å²) in [6.45, 7) is 3.81. The zero-order valence-electron chi connectivity index (χ0n) is 14.1. The number of fused-ring (bicyclic) bond motifs is 1. The first-order valence-corrected chi connectivity index (χ1v) is 10.4. The van der Waals surface area contributed by atoms with Gasteiger partial charge in [0.05, 0.1) is 10.4 Å². The monoisotopic (exact) mass is 380 g/mol. The Kier molecular flexibility index (Phi) is 4.20. The summed E-state index contributed by atoms with van der Waals surface area (Å²) in [5.41, 5.74) is 0.393. The van der Waals surface area contributed by atoms with Gasteiger partial charge in [0, 0.05) is 18.2 Å². The van der Waals surface area contributed by atoms with Crippen molar-refractivity contribution < 1.29 is 22.4 Å². The summed E-state index contributed by atoms with van der Waals surface area (Å²) in [5, 5.41) is 0. The molecule has 0 unspecified atom stereocenters. The first-order valence-electron chi connectivity index (χ1n) is 7.69. The summed E-state index contributed by atoms with van der Waals surface area (Å²) in [6.07, 6.45) is 1.69. The number of halogens is 1. The first-order chi connectivity index (χ1) is 11.5. The van der Waals surface area contributed by atoms with Crippen LogP contribution >= 0.6 is 11.3 Å². The van der Waals surface area contributed by atoms with Crippen molar-refractivity contribution in [2.24, 2.45) is 5.41 Å². The van der Waals surface area contributed by atoms with Crippen LogP contribution in [0.25, 0.3) is 0 Å². The summed E-state index contributed by atoms with van der Waals surface area (Å²) in [4.78, 5) is 25.6. The Balaban J connectivity index is 2.25. The Morgan fingerprint density at radius 1 is 1.24 bits per heavy atom. The van der Waals surface area contributed by atoms with Crippen LogP contribution in [-0.4, -0.2) is 26.2 Å². The molecule has 0 atom stereocenters. The summed E-state index contributed by atoms with van der Waals surface area (Å²) in [5.74, 6) is -1.27. The van der Waals surface area contributed by atoms with E-state index in [1.807, 2.05) is 13.8 Å². The van der Waals surface area contributed by atoms with Crippen LogP contribution in [0.3, 0.4) is 0 Å². The van der Waals surface area contributed by atoms with Gasteiger partial charge < -0.3 is 0 Å². The molecule has 1 aromatic heterocycles.